The molecule has 0 fully saturated rings. The number of fused-ring (bicyclic) bond motifs is 8. The first-order valence-electron chi connectivity index (χ1n) is 14.8. The van der Waals surface area contributed by atoms with Crippen molar-refractivity contribution in [1.82, 2.24) is 4.57 Å². The van der Waals surface area contributed by atoms with E-state index in [0.717, 1.165) is 0 Å². The summed E-state index contributed by atoms with van der Waals surface area (Å²) in [6.45, 7) is 0. The Morgan fingerprint density at radius 1 is 0.465 bits per heavy atom. The zero-order valence-corrected chi connectivity index (χ0v) is 24.7. The van der Waals surface area contributed by atoms with Crippen LogP contribution in [-0.2, 0) is 7.05 Å². The van der Waals surface area contributed by atoms with Gasteiger partial charge in [0.1, 0.15) is 0 Å². The van der Waals surface area contributed by atoms with E-state index in [1.165, 1.54) is 74.4 Å². The second-order valence-corrected chi connectivity index (χ2v) is 14.4. The van der Waals surface area contributed by atoms with Gasteiger partial charge in [-0.3, -0.25) is 0 Å². The average molecular weight is 568 g/mol. The molecular weight excluding hydrogens is 539 g/mol. The molecule has 0 unspecified atom stereocenters. The van der Waals surface area contributed by atoms with E-state index in [2.05, 4.69) is 169 Å². The van der Waals surface area contributed by atoms with Crippen LogP contribution in [0, 0.1) is 0 Å². The van der Waals surface area contributed by atoms with Crippen LogP contribution in [-0.4, -0.2) is 4.57 Å². The van der Waals surface area contributed by atoms with Gasteiger partial charge in [0, 0.05) is 48.5 Å². The normalized spacial score (nSPS) is 14.2. The van der Waals surface area contributed by atoms with Crippen LogP contribution < -0.4 is 0 Å². The molecule has 9 rings (SSSR count). The molecule has 8 aromatic rings. The number of benzene rings is 7. The van der Waals surface area contributed by atoms with E-state index < -0.39 is 10.0 Å². The molecule has 1 aliphatic heterocycles. The molecule has 0 amide bonds. The third-order valence-electron chi connectivity index (χ3n) is 9.23. The predicted molar refractivity (Wildman–Crippen MR) is 182 cm³/mol. The van der Waals surface area contributed by atoms with Crippen molar-refractivity contribution in [2.24, 2.45) is 7.05 Å². The van der Waals surface area contributed by atoms with Gasteiger partial charge in [0.05, 0.1) is 5.52 Å². The van der Waals surface area contributed by atoms with Crippen LogP contribution in [0.25, 0.3) is 54.8 Å². The summed E-state index contributed by atoms with van der Waals surface area (Å²) < 4.78 is 2.39. The number of para-hydroxylation sites is 1. The smallest absolute Gasteiger partial charge is 0.0568 e. The highest BCUT2D eigenvalue weighted by molar-refractivity contribution is 8.34. The van der Waals surface area contributed by atoms with Gasteiger partial charge in [-0.2, -0.15) is 0 Å². The minimum absolute atomic E-state index is 1.26. The Hall–Kier alpha value is -5.05. The van der Waals surface area contributed by atoms with Crippen LogP contribution in [0.2, 0.25) is 0 Å². The zero-order chi connectivity index (χ0) is 28.5. The first-order valence-corrected chi connectivity index (χ1v) is 16.5. The van der Waals surface area contributed by atoms with Crippen molar-refractivity contribution < 1.29 is 0 Å². The second kappa shape index (κ2) is 9.22. The van der Waals surface area contributed by atoms with Gasteiger partial charge < -0.3 is 4.57 Å². The van der Waals surface area contributed by atoms with E-state index in [4.69, 9.17) is 0 Å². The van der Waals surface area contributed by atoms with Gasteiger partial charge in [-0.25, -0.2) is 0 Å². The molecule has 0 bridgehead atoms. The van der Waals surface area contributed by atoms with Gasteiger partial charge in [-0.1, -0.05) is 115 Å². The van der Waals surface area contributed by atoms with Crippen LogP contribution in [0.1, 0.15) is 0 Å². The molecule has 43 heavy (non-hydrogen) atoms. The monoisotopic (exact) mass is 567 g/mol. The highest BCUT2D eigenvalue weighted by Gasteiger charge is 2.42. The Balaban J connectivity index is 1.38. The van der Waals surface area contributed by atoms with Gasteiger partial charge >= 0.3 is 0 Å². The maximum Gasteiger partial charge on any atom is 0.0568 e. The number of rotatable bonds is 3. The number of hydrogen-bond acceptors (Lipinski definition) is 0. The van der Waals surface area contributed by atoms with Crippen molar-refractivity contribution in [2.45, 2.75) is 19.6 Å². The molecule has 2 heterocycles. The Morgan fingerprint density at radius 2 is 1.09 bits per heavy atom. The lowest BCUT2D eigenvalue weighted by Crippen LogP contribution is -2.02. The summed E-state index contributed by atoms with van der Waals surface area (Å²) in [6, 6.07) is 58.7. The third-order valence-corrected chi connectivity index (χ3v) is 13.2. The Labute approximate surface area is 253 Å². The SMILES string of the molecule is Cn1c2ccc3ccccc3c2c2cccc(-c3ccc4c(c3)S(c3ccccc3)(c3ccccc3)c3ccccc3-4)c21. The fourth-order valence-electron chi connectivity index (χ4n) is 7.42. The molecule has 2 heteroatoms. The number of aryl methyl sites for hydroxylation is 1. The molecule has 0 saturated carbocycles. The van der Waals surface area contributed by atoms with Crippen LogP contribution in [0.5, 0.6) is 0 Å². The third kappa shape index (κ3) is 3.30. The molecule has 1 nitrogen and oxygen atoms in total. The standard InChI is InChI=1S/C41H29NS/c1-42-37-26-24-28-13-8-9-18-32(28)40(37)36-21-12-20-33(41(36)42)29-23-25-35-34-19-10-11-22-38(34)43(39(35)27-29,30-14-4-2-5-15-30)31-16-6-3-7-17-31/h2-27H,1H3. The summed E-state index contributed by atoms with van der Waals surface area (Å²) in [7, 11) is 0.527. The molecule has 0 N–H and O–H groups in total. The minimum Gasteiger partial charge on any atom is -0.343 e. The quantitative estimate of drug-likeness (QED) is 0.200. The van der Waals surface area contributed by atoms with Gasteiger partial charge in [0.25, 0.3) is 0 Å². The van der Waals surface area contributed by atoms with Crippen molar-refractivity contribution in [3.63, 3.8) is 0 Å². The van der Waals surface area contributed by atoms with E-state index in [0.29, 0.717) is 0 Å². The molecule has 0 saturated heterocycles. The lowest BCUT2D eigenvalue weighted by atomic mass is 9.98. The summed E-state index contributed by atoms with van der Waals surface area (Å²) in [5.74, 6) is 0. The molecule has 0 atom stereocenters. The molecule has 0 aliphatic carbocycles. The first kappa shape index (κ1) is 24.5. The Morgan fingerprint density at radius 3 is 1.88 bits per heavy atom. The van der Waals surface area contributed by atoms with Crippen molar-refractivity contribution >= 4 is 42.6 Å². The topological polar surface area (TPSA) is 4.93 Å². The summed E-state index contributed by atoms with van der Waals surface area (Å²) >= 11 is 0. The predicted octanol–water partition coefficient (Wildman–Crippen LogP) is 11.5. The van der Waals surface area contributed by atoms with Gasteiger partial charge in [0.2, 0.25) is 0 Å². The lowest BCUT2D eigenvalue weighted by Gasteiger charge is -2.39. The summed E-state index contributed by atoms with van der Waals surface area (Å²) in [6.07, 6.45) is 0. The van der Waals surface area contributed by atoms with Crippen molar-refractivity contribution in [3.05, 3.63) is 158 Å². The number of nitrogens with zero attached hydrogens (tertiary/aromatic N) is 1. The summed E-state index contributed by atoms with van der Waals surface area (Å²) in [4.78, 5) is 5.59. The molecule has 0 spiro atoms. The fourth-order valence-corrected chi connectivity index (χ4v) is 11.7. The average Bonchev–Trinajstić information content (AvgIpc) is 3.55. The van der Waals surface area contributed by atoms with Crippen molar-refractivity contribution in [1.29, 1.82) is 0 Å². The van der Waals surface area contributed by atoms with E-state index in [-0.39, 0.29) is 0 Å². The molecule has 1 aliphatic rings. The van der Waals surface area contributed by atoms with E-state index in [1.54, 1.807) is 0 Å². The Bertz CT molecular complexity index is 2310. The maximum atomic E-state index is 2.51. The molecule has 7 aromatic carbocycles. The van der Waals surface area contributed by atoms with Crippen LogP contribution in [0.4, 0.5) is 0 Å². The fraction of sp³-hybridized carbons (Fsp3) is 0.0244. The van der Waals surface area contributed by atoms with Crippen molar-refractivity contribution in [2.75, 3.05) is 0 Å². The van der Waals surface area contributed by atoms with E-state index >= 15 is 0 Å². The van der Waals surface area contributed by atoms with Gasteiger partial charge in [0.15, 0.2) is 0 Å². The van der Waals surface area contributed by atoms with Gasteiger partial charge in [-0.15, -0.1) is 10.0 Å². The molecule has 204 valence electrons. The highest BCUT2D eigenvalue weighted by atomic mass is 32.3. The maximum absolute atomic E-state index is 2.51. The number of aromatic nitrogens is 1. The van der Waals surface area contributed by atoms with E-state index in [9.17, 15) is 0 Å². The van der Waals surface area contributed by atoms with Crippen LogP contribution in [0.3, 0.4) is 0 Å². The lowest BCUT2D eigenvalue weighted by molar-refractivity contribution is 1.02. The van der Waals surface area contributed by atoms with E-state index in [1.807, 2.05) is 0 Å². The van der Waals surface area contributed by atoms with Gasteiger partial charge in [-0.05, 0) is 69.9 Å². The zero-order valence-electron chi connectivity index (χ0n) is 23.9. The summed E-state index contributed by atoms with van der Waals surface area (Å²) in [5.41, 5.74) is 7.77. The van der Waals surface area contributed by atoms with Crippen LogP contribution in [0.15, 0.2) is 177 Å². The number of hydrogen-bond donors (Lipinski definition) is 0. The largest absolute Gasteiger partial charge is 0.343 e. The van der Waals surface area contributed by atoms with Crippen molar-refractivity contribution in [3.8, 4) is 22.3 Å². The minimum atomic E-state index is -1.69. The second-order valence-electron chi connectivity index (χ2n) is 11.4. The molecule has 1 aromatic heterocycles. The highest BCUT2D eigenvalue weighted by Crippen LogP contribution is 2.80. The van der Waals surface area contributed by atoms with Crippen LogP contribution >= 0.6 is 10.0 Å². The Kier molecular flexibility index (Phi) is 5.26. The molecule has 0 radical (unpaired) electrons. The first-order chi connectivity index (χ1) is 21.3. The summed E-state index contributed by atoms with van der Waals surface area (Å²) in [5, 5.41) is 5.23. The molecular formula is C41H29NS.